The van der Waals surface area contributed by atoms with Gasteiger partial charge in [0.1, 0.15) is 6.61 Å². The van der Waals surface area contributed by atoms with E-state index in [4.69, 9.17) is 9.47 Å². The topological polar surface area (TPSA) is 72.8 Å². The van der Waals surface area contributed by atoms with Crippen LogP contribution >= 0.6 is 0 Å². The highest BCUT2D eigenvalue weighted by molar-refractivity contribution is 5.70. The van der Waals surface area contributed by atoms with Gasteiger partial charge in [-0.25, -0.2) is 0 Å². The van der Waals surface area contributed by atoms with Crippen LogP contribution in [0.25, 0.3) is 0 Å². The maximum atomic E-state index is 12.4. The quantitative estimate of drug-likeness (QED) is 0.0373. The van der Waals surface area contributed by atoms with Crippen molar-refractivity contribution in [1.29, 1.82) is 0 Å². The Morgan fingerprint density at radius 2 is 0.473 bits per heavy atom. The molecule has 0 heterocycles. The van der Waals surface area contributed by atoms with Gasteiger partial charge in [-0.2, -0.15) is 0 Å². The van der Waals surface area contributed by atoms with Gasteiger partial charge in [0.2, 0.25) is 0 Å². The third kappa shape index (κ3) is 80.2. The van der Waals surface area contributed by atoms with Gasteiger partial charge >= 0.3 is 11.9 Å². The van der Waals surface area contributed by atoms with E-state index in [1.807, 2.05) is 0 Å². The van der Waals surface area contributed by atoms with Crippen LogP contribution in [0.1, 0.15) is 470 Å². The van der Waals surface area contributed by atoms with Gasteiger partial charge in [-0.15, -0.1) is 0 Å². The third-order valence-corrected chi connectivity index (χ3v) is 19.4. The molecule has 91 heavy (non-hydrogen) atoms. The average Bonchev–Trinajstić information content (AvgIpc) is 3.68. The number of esters is 2. The molecule has 0 saturated carbocycles. The van der Waals surface area contributed by atoms with Gasteiger partial charge in [-0.3, -0.25) is 9.59 Å². The average molecular weight is 1280 g/mol. The summed E-state index contributed by atoms with van der Waals surface area (Å²) >= 11 is 0. The van der Waals surface area contributed by atoms with Gasteiger partial charge < -0.3 is 14.6 Å². The van der Waals surface area contributed by atoms with Gasteiger partial charge in [0.25, 0.3) is 0 Å². The van der Waals surface area contributed by atoms with Crippen LogP contribution in [-0.4, -0.2) is 36.4 Å². The van der Waals surface area contributed by atoms with Crippen molar-refractivity contribution in [2.24, 2.45) is 0 Å². The molecule has 0 aliphatic rings. The van der Waals surface area contributed by atoms with E-state index in [1.54, 1.807) is 0 Å². The first kappa shape index (κ1) is 88.9. The van der Waals surface area contributed by atoms with E-state index < -0.39 is 6.10 Å². The number of hydrogen-bond acceptors (Lipinski definition) is 5. The van der Waals surface area contributed by atoms with E-state index in [2.05, 4.69) is 62.5 Å². The number of ether oxygens (including phenoxy) is 2. The summed E-state index contributed by atoms with van der Waals surface area (Å²) in [5.74, 6) is -0.559. The molecule has 5 nitrogen and oxygen atoms in total. The van der Waals surface area contributed by atoms with Crippen molar-refractivity contribution in [3.05, 3.63) is 48.6 Å². The number of rotatable bonds is 79. The molecule has 1 unspecified atom stereocenters. The van der Waals surface area contributed by atoms with Gasteiger partial charge in [-0.05, 0) is 51.4 Å². The molecular formula is C86H162O5. The second-order valence-electron chi connectivity index (χ2n) is 28.5. The first-order valence-corrected chi connectivity index (χ1v) is 41.7. The molecule has 0 spiro atoms. The normalized spacial score (nSPS) is 12.3. The molecule has 5 heteroatoms. The molecule has 1 atom stereocenters. The first-order chi connectivity index (χ1) is 45.1. The number of aliphatic hydroxyl groups is 1. The SMILES string of the molecule is CC/C=C\C/C=C\C/C=C\C/C=C\CCCCCCCCCCCCCCCCCCCCCCCCCCCCCCC(=O)OC(CO)COC(=O)CCCCCCCCCCCCCCCCCCCCCCCCCCCCCCCCCCCCCC. The molecule has 0 aliphatic carbocycles. The second-order valence-corrected chi connectivity index (χ2v) is 28.5. The van der Waals surface area contributed by atoms with E-state index in [9.17, 15) is 14.7 Å². The van der Waals surface area contributed by atoms with E-state index in [-0.39, 0.29) is 25.2 Å². The van der Waals surface area contributed by atoms with Crippen LogP contribution in [0.4, 0.5) is 0 Å². The van der Waals surface area contributed by atoms with Crippen molar-refractivity contribution in [1.82, 2.24) is 0 Å². The van der Waals surface area contributed by atoms with Crippen LogP contribution in [0.15, 0.2) is 48.6 Å². The Bertz CT molecular complexity index is 1500. The van der Waals surface area contributed by atoms with Crippen LogP contribution in [0.2, 0.25) is 0 Å². The summed E-state index contributed by atoms with van der Waals surface area (Å²) in [4.78, 5) is 24.7. The fraction of sp³-hybridized carbons (Fsp3) is 0.884. The molecule has 0 bridgehead atoms. The molecule has 0 radical (unpaired) electrons. The number of carbonyl (C=O) groups is 2. The highest BCUT2D eigenvalue weighted by Gasteiger charge is 2.16. The summed E-state index contributed by atoms with van der Waals surface area (Å²) in [7, 11) is 0. The molecule has 0 aromatic carbocycles. The van der Waals surface area contributed by atoms with E-state index in [1.165, 1.54) is 385 Å². The lowest BCUT2D eigenvalue weighted by Crippen LogP contribution is -2.28. The van der Waals surface area contributed by atoms with Crippen molar-refractivity contribution >= 4 is 11.9 Å². The standard InChI is InChI=1S/C86H162O5/c1-3-5-7-9-11-13-15-17-19-21-23-25-27-29-31-33-35-37-39-41-42-43-44-45-47-49-51-53-55-57-59-61-63-65-67-69-71-73-75-77-79-81-86(89)91-84(82-87)83-90-85(88)80-78-76-74-72-70-68-66-64-62-60-58-56-54-52-50-48-46-40-38-36-34-32-30-28-26-24-22-20-18-16-14-12-10-8-6-4-2/h5,7,11,13,17,19,23,25,84,87H,3-4,6,8-10,12,14-16,18,20-22,24,26-83H2,1-2H3/b7-5-,13-11-,19-17-,25-23-. The zero-order valence-electron chi connectivity index (χ0n) is 61.9. The maximum absolute atomic E-state index is 12.4. The lowest BCUT2D eigenvalue weighted by atomic mass is 10.0. The summed E-state index contributed by atoms with van der Waals surface area (Å²) in [5.41, 5.74) is 0. The third-order valence-electron chi connectivity index (χ3n) is 19.4. The minimum Gasteiger partial charge on any atom is -0.462 e. The molecule has 0 aliphatic heterocycles. The van der Waals surface area contributed by atoms with Gasteiger partial charge in [0.15, 0.2) is 6.10 Å². The largest absolute Gasteiger partial charge is 0.462 e. The second kappa shape index (κ2) is 82.1. The van der Waals surface area contributed by atoms with Crippen molar-refractivity contribution in [2.45, 2.75) is 476 Å². The molecule has 0 aromatic heterocycles. The number of carbonyl (C=O) groups excluding carboxylic acids is 2. The Hall–Kier alpha value is -2.14. The fourth-order valence-corrected chi connectivity index (χ4v) is 13.2. The first-order valence-electron chi connectivity index (χ1n) is 41.7. The Balaban J connectivity index is 3.34. The summed E-state index contributed by atoms with van der Waals surface area (Å²) in [6.07, 6.45) is 112. The maximum Gasteiger partial charge on any atom is 0.306 e. The zero-order valence-corrected chi connectivity index (χ0v) is 61.9. The van der Waals surface area contributed by atoms with Crippen LogP contribution in [-0.2, 0) is 19.1 Å². The molecule has 0 aromatic rings. The highest BCUT2D eigenvalue weighted by atomic mass is 16.6. The number of hydrogen-bond donors (Lipinski definition) is 1. The van der Waals surface area contributed by atoms with Crippen LogP contribution < -0.4 is 0 Å². The molecule has 0 saturated heterocycles. The summed E-state index contributed by atoms with van der Waals surface area (Å²) < 4.78 is 10.8. The van der Waals surface area contributed by atoms with Crippen LogP contribution in [0.5, 0.6) is 0 Å². The fourth-order valence-electron chi connectivity index (χ4n) is 13.2. The lowest BCUT2D eigenvalue weighted by Gasteiger charge is -2.15. The molecular weight excluding hydrogens is 1110 g/mol. The van der Waals surface area contributed by atoms with Crippen molar-refractivity contribution in [3.63, 3.8) is 0 Å². The molecule has 0 rings (SSSR count). The zero-order chi connectivity index (χ0) is 65.4. The minimum atomic E-state index is -0.770. The number of unbranched alkanes of at least 4 members (excludes halogenated alkanes) is 63. The monoisotopic (exact) mass is 1280 g/mol. The van der Waals surface area contributed by atoms with Crippen LogP contribution in [0, 0.1) is 0 Å². The Kier molecular flexibility index (Phi) is 80.2. The minimum absolute atomic E-state index is 0.0576. The van der Waals surface area contributed by atoms with Crippen molar-refractivity contribution in [2.75, 3.05) is 13.2 Å². The summed E-state index contributed by atoms with van der Waals surface area (Å²) in [6.45, 7) is 4.11. The van der Waals surface area contributed by atoms with Crippen molar-refractivity contribution in [3.8, 4) is 0 Å². The lowest BCUT2D eigenvalue weighted by molar-refractivity contribution is -0.161. The molecule has 0 fully saturated rings. The number of aliphatic hydroxyl groups excluding tert-OH is 1. The van der Waals surface area contributed by atoms with E-state index in [0.717, 1.165) is 57.8 Å². The highest BCUT2D eigenvalue weighted by Crippen LogP contribution is 2.21. The van der Waals surface area contributed by atoms with E-state index >= 15 is 0 Å². The van der Waals surface area contributed by atoms with Gasteiger partial charge in [0, 0.05) is 12.8 Å². The van der Waals surface area contributed by atoms with Gasteiger partial charge in [-0.1, -0.05) is 454 Å². The predicted molar refractivity (Wildman–Crippen MR) is 404 cm³/mol. The van der Waals surface area contributed by atoms with Gasteiger partial charge in [0.05, 0.1) is 6.61 Å². The predicted octanol–water partition coefficient (Wildman–Crippen LogP) is 29.4. The Labute approximate surface area is 570 Å². The summed E-state index contributed by atoms with van der Waals surface area (Å²) in [6, 6.07) is 0. The Morgan fingerprint density at radius 1 is 0.264 bits per heavy atom. The number of allylic oxidation sites excluding steroid dienone is 8. The molecule has 536 valence electrons. The summed E-state index contributed by atoms with van der Waals surface area (Å²) in [5, 5.41) is 9.74. The van der Waals surface area contributed by atoms with Crippen molar-refractivity contribution < 1.29 is 24.2 Å². The smallest absolute Gasteiger partial charge is 0.306 e. The Morgan fingerprint density at radius 3 is 0.714 bits per heavy atom. The molecule has 0 amide bonds. The molecule has 1 N–H and O–H groups in total. The van der Waals surface area contributed by atoms with Crippen LogP contribution in [0.3, 0.4) is 0 Å². The van der Waals surface area contributed by atoms with E-state index in [0.29, 0.717) is 12.8 Å².